The third-order valence-electron chi connectivity index (χ3n) is 5.35. The van der Waals surface area contributed by atoms with Crippen molar-refractivity contribution in [2.45, 2.75) is 116 Å². The van der Waals surface area contributed by atoms with Crippen molar-refractivity contribution in [2.24, 2.45) is 0 Å². The van der Waals surface area contributed by atoms with Crippen LogP contribution < -0.4 is 5.32 Å². The van der Waals surface area contributed by atoms with E-state index in [2.05, 4.69) is 24.4 Å². The van der Waals surface area contributed by atoms with E-state index in [1.165, 1.54) is 64.2 Å². The summed E-state index contributed by atoms with van der Waals surface area (Å²) in [6.07, 6.45) is 21.8. The average molecular weight is 384 g/mol. The van der Waals surface area contributed by atoms with Gasteiger partial charge in [0, 0.05) is 6.42 Å². The highest BCUT2D eigenvalue weighted by Crippen LogP contribution is 2.12. The summed E-state index contributed by atoms with van der Waals surface area (Å²) in [5.41, 5.74) is -0.862. The highest BCUT2D eigenvalue weighted by Gasteiger charge is 2.27. The summed E-state index contributed by atoms with van der Waals surface area (Å²) in [7, 11) is 0. The molecule has 0 heterocycles. The minimum Gasteiger partial charge on any atom is -0.394 e. The molecule has 0 rings (SSSR count). The first-order chi connectivity index (χ1) is 13.1. The molecule has 0 atom stereocenters. The summed E-state index contributed by atoms with van der Waals surface area (Å²) >= 11 is 0. The summed E-state index contributed by atoms with van der Waals surface area (Å²) in [6, 6.07) is 0. The van der Waals surface area contributed by atoms with Crippen molar-refractivity contribution >= 4 is 5.91 Å². The van der Waals surface area contributed by atoms with E-state index in [-0.39, 0.29) is 19.1 Å². The first-order valence-corrected chi connectivity index (χ1v) is 11.3. The summed E-state index contributed by atoms with van der Waals surface area (Å²) in [4.78, 5) is 11.9. The van der Waals surface area contributed by atoms with E-state index < -0.39 is 5.54 Å². The quantitative estimate of drug-likeness (QED) is 0.210. The van der Waals surface area contributed by atoms with Crippen molar-refractivity contribution in [1.82, 2.24) is 5.32 Å². The van der Waals surface area contributed by atoms with Gasteiger partial charge in [-0.1, -0.05) is 77.4 Å². The van der Waals surface area contributed by atoms with Gasteiger partial charge in [0.25, 0.3) is 0 Å². The number of carbonyl (C=O) groups is 1. The Morgan fingerprint density at radius 1 is 0.778 bits per heavy atom. The number of hydrogen-bond donors (Lipinski definition) is 3. The zero-order valence-corrected chi connectivity index (χ0v) is 18.0. The molecule has 0 aliphatic heterocycles. The molecule has 0 fully saturated rings. The topological polar surface area (TPSA) is 69.6 Å². The number of unbranched alkanes of at least 4 members (excludes halogenated alkanes) is 11. The minimum absolute atomic E-state index is 0.0717. The molecule has 4 nitrogen and oxygen atoms in total. The van der Waals surface area contributed by atoms with Crippen LogP contribution in [-0.2, 0) is 4.79 Å². The Labute approximate surface area is 167 Å². The van der Waals surface area contributed by atoms with Gasteiger partial charge in [0.05, 0.1) is 18.8 Å². The molecule has 0 aromatic carbocycles. The van der Waals surface area contributed by atoms with E-state index in [0.717, 1.165) is 19.3 Å². The van der Waals surface area contributed by atoms with E-state index in [1.54, 1.807) is 0 Å². The van der Waals surface area contributed by atoms with Crippen molar-refractivity contribution < 1.29 is 15.0 Å². The molecule has 0 spiro atoms. The lowest BCUT2D eigenvalue weighted by Crippen LogP contribution is -2.53. The van der Waals surface area contributed by atoms with Crippen LogP contribution in [0, 0.1) is 0 Å². The Bertz CT molecular complexity index is 356. The number of rotatable bonds is 19. The molecule has 0 aliphatic carbocycles. The van der Waals surface area contributed by atoms with Crippen LogP contribution in [0.5, 0.6) is 0 Å². The van der Waals surface area contributed by atoms with Crippen LogP contribution in [-0.4, -0.2) is 34.9 Å². The first kappa shape index (κ1) is 26.1. The van der Waals surface area contributed by atoms with Gasteiger partial charge in [0.2, 0.25) is 5.91 Å². The smallest absolute Gasteiger partial charge is 0.220 e. The molecular weight excluding hydrogens is 338 g/mol. The summed E-state index contributed by atoms with van der Waals surface area (Å²) < 4.78 is 0. The summed E-state index contributed by atoms with van der Waals surface area (Å²) in [5, 5.41) is 21.5. The number of aliphatic hydroxyl groups excluding tert-OH is 2. The Hall–Kier alpha value is -0.870. The number of carbonyl (C=O) groups excluding carboxylic acids is 1. The normalized spacial score (nSPS) is 12.0. The van der Waals surface area contributed by atoms with Gasteiger partial charge in [0.15, 0.2) is 0 Å². The van der Waals surface area contributed by atoms with E-state index in [9.17, 15) is 15.0 Å². The second-order valence-corrected chi connectivity index (χ2v) is 7.83. The molecule has 0 aliphatic rings. The fraction of sp³-hybridized carbons (Fsp3) is 0.870. The van der Waals surface area contributed by atoms with Crippen LogP contribution in [0.4, 0.5) is 0 Å². The minimum atomic E-state index is -0.862. The standard InChI is InChI=1S/C23H45NO3/c1-3-5-6-7-8-9-10-11-12-13-14-15-16-17-18-19-22(27)24-23(4-2,20-25)21-26/h11-12,25-26H,3-10,13-21H2,1-2H3,(H,24,27). The highest BCUT2D eigenvalue weighted by molar-refractivity contribution is 5.76. The molecule has 1 amide bonds. The molecule has 0 aromatic heterocycles. The van der Waals surface area contributed by atoms with E-state index in [0.29, 0.717) is 12.8 Å². The lowest BCUT2D eigenvalue weighted by Gasteiger charge is -2.29. The van der Waals surface area contributed by atoms with Crippen molar-refractivity contribution in [2.75, 3.05) is 13.2 Å². The van der Waals surface area contributed by atoms with Gasteiger partial charge in [-0.25, -0.2) is 0 Å². The van der Waals surface area contributed by atoms with Crippen LogP contribution in [0.15, 0.2) is 12.2 Å². The zero-order chi connectivity index (χ0) is 20.2. The van der Waals surface area contributed by atoms with Gasteiger partial charge in [-0.15, -0.1) is 0 Å². The fourth-order valence-electron chi connectivity index (χ4n) is 3.16. The maximum Gasteiger partial charge on any atom is 0.220 e. The van der Waals surface area contributed by atoms with E-state index >= 15 is 0 Å². The van der Waals surface area contributed by atoms with Crippen molar-refractivity contribution in [3.05, 3.63) is 12.2 Å². The molecule has 0 saturated carbocycles. The average Bonchev–Trinajstić information content (AvgIpc) is 2.69. The van der Waals surface area contributed by atoms with Gasteiger partial charge in [-0.05, 0) is 38.5 Å². The van der Waals surface area contributed by atoms with Crippen LogP contribution >= 0.6 is 0 Å². The largest absolute Gasteiger partial charge is 0.394 e. The molecule has 0 bridgehead atoms. The van der Waals surface area contributed by atoms with Gasteiger partial charge in [-0.3, -0.25) is 4.79 Å². The van der Waals surface area contributed by atoms with Gasteiger partial charge < -0.3 is 15.5 Å². The molecule has 0 radical (unpaired) electrons. The predicted molar refractivity (Wildman–Crippen MR) is 115 cm³/mol. The molecule has 3 N–H and O–H groups in total. The number of allylic oxidation sites excluding steroid dienone is 2. The number of aliphatic hydroxyl groups is 2. The Balaban J connectivity index is 3.46. The Morgan fingerprint density at radius 3 is 1.74 bits per heavy atom. The van der Waals surface area contributed by atoms with Crippen LogP contribution in [0.1, 0.15) is 110 Å². The Kier molecular flexibility index (Phi) is 17.9. The van der Waals surface area contributed by atoms with Crippen LogP contribution in [0.2, 0.25) is 0 Å². The molecule has 160 valence electrons. The molecule has 27 heavy (non-hydrogen) atoms. The lowest BCUT2D eigenvalue weighted by atomic mass is 9.98. The molecule has 0 unspecified atom stereocenters. The maximum atomic E-state index is 11.9. The molecule has 4 heteroatoms. The van der Waals surface area contributed by atoms with Gasteiger partial charge in [-0.2, -0.15) is 0 Å². The van der Waals surface area contributed by atoms with Crippen molar-refractivity contribution in [3.8, 4) is 0 Å². The third kappa shape index (κ3) is 14.8. The monoisotopic (exact) mass is 383 g/mol. The lowest BCUT2D eigenvalue weighted by molar-refractivity contribution is -0.124. The zero-order valence-electron chi connectivity index (χ0n) is 18.0. The van der Waals surface area contributed by atoms with Crippen molar-refractivity contribution in [3.63, 3.8) is 0 Å². The number of hydrogen-bond acceptors (Lipinski definition) is 3. The Morgan fingerprint density at radius 2 is 1.26 bits per heavy atom. The number of nitrogens with one attached hydrogen (secondary N) is 1. The summed E-state index contributed by atoms with van der Waals surface area (Å²) in [5.74, 6) is -0.0717. The SMILES string of the molecule is CCCCCCCCC=CCCCCCCCC(=O)NC(CC)(CO)CO. The van der Waals surface area contributed by atoms with Crippen LogP contribution in [0.3, 0.4) is 0 Å². The first-order valence-electron chi connectivity index (χ1n) is 11.3. The number of amides is 1. The third-order valence-corrected chi connectivity index (χ3v) is 5.35. The van der Waals surface area contributed by atoms with Crippen molar-refractivity contribution in [1.29, 1.82) is 0 Å². The fourth-order valence-corrected chi connectivity index (χ4v) is 3.16. The molecule has 0 aromatic rings. The van der Waals surface area contributed by atoms with E-state index in [1.807, 2.05) is 6.92 Å². The van der Waals surface area contributed by atoms with Gasteiger partial charge in [0.1, 0.15) is 0 Å². The molecular formula is C23H45NO3. The molecule has 0 saturated heterocycles. The van der Waals surface area contributed by atoms with Crippen LogP contribution in [0.25, 0.3) is 0 Å². The maximum absolute atomic E-state index is 11.9. The highest BCUT2D eigenvalue weighted by atomic mass is 16.3. The van der Waals surface area contributed by atoms with E-state index in [4.69, 9.17) is 0 Å². The second-order valence-electron chi connectivity index (χ2n) is 7.83. The summed E-state index contributed by atoms with van der Waals surface area (Å²) in [6.45, 7) is 3.67. The van der Waals surface area contributed by atoms with Gasteiger partial charge >= 0.3 is 0 Å². The second kappa shape index (κ2) is 18.5. The predicted octanol–water partition coefficient (Wildman–Crippen LogP) is 5.27.